The largest absolute Gasteiger partial charge is 0.484 e. The molecule has 1 spiro atoms. The minimum Gasteiger partial charge on any atom is -0.484 e. The first-order chi connectivity index (χ1) is 13.6. The Hall–Kier alpha value is -2.08. The van der Waals surface area contributed by atoms with Gasteiger partial charge in [0.25, 0.3) is 5.91 Å². The average Bonchev–Trinajstić information content (AvgIpc) is 3.45. The van der Waals surface area contributed by atoms with Crippen LogP contribution in [0.1, 0.15) is 39.0 Å². The summed E-state index contributed by atoms with van der Waals surface area (Å²) in [6.45, 7) is 4.26. The fraction of sp³-hybridized carbons (Fsp3) is 0.636. The van der Waals surface area contributed by atoms with Gasteiger partial charge in [-0.25, -0.2) is 0 Å². The summed E-state index contributed by atoms with van der Waals surface area (Å²) in [6.07, 6.45) is 4.54. The van der Waals surface area contributed by atoms with Crippen molar-refractivity contribution in [3.05, 3.63) is 30.3 Å². The summed E-state index contributed by atoms with van der Waals surface area (Å²) in [4.78, 5) is 26.8. The molecule has 1 N–H and O–H groups in total. The molecule has 3 unspecified atom stereocenters. The zero-order valence-electron chi connectivity index (χ0n) is 16.6. The predicted molar refractivity (Wildman–Crippen MR) is 105 cm³/mol. The third kappa shape index (κ3) is 4.32. The summed E-state index contributed by atoms with van der Waals surface area (Å²) in [7, 11) is 0. The van der Waals surface area contributed by atoms with Gasteiger partial charge in [0.15, 0.2) is 6.61 Å². The Morgan fingerprint density at radius 3 is 2.71 bits per heavy atom. The highest BCUT2D eigenvalue weighted by atomic mass is 16.5. The Morgan fingerprint density at radius 1 is 1.21 bits per heavy atom. The summed E-state index contributed by atoms with van der Waals surface area (Å²) in [5, 5.41) is 3.04. The monoisotopic (exact) mass is 386 g/mol. The van der Waals surface area contributed by atoms with E-state index in [1.165, 1.54) is 12.8 Å². The van der Waals surface area contributed by atoms with E-state index in [4.69, 9.17) is 9.47 Å². The number of nitrogens with one attached hydrogen (secondary N) is 1. The van der Waals surface area contributed by atoms with Gasteiger partial charge in [-0.05, 0) is 50.2 Å². The molecular formula is C22H30N2O4. The van der Waals surface area contributed by atoms with E-state index < -0.39 is 0 Å². The standard InChI is InChI=1S/C22H30N2O4/c1-16-14-24(20(25)15-27-18-5-3-2-4-6-18)12-11-22(16)10-9-19(28-22)21(26)23-13-17-7-8-17/h2-6,16-17,19H,7-15H2,1H3,(H,23,26). The Morgan fingerprint density at radius 2 is 2.00 bits per heavy atom. The van der Waals surface area contributed by atoms with Crippen molar-refractivity contribution in [2.75, 3.05) is 26.2 Å². The number of hydrogen-bond donors (Lipinski definition) is 1. The fourth-order valence-electron chi connectivity index (χ4n) is 4.33. The molecule has 2 aliphatic heterocycles. The SMILES string of the molecule is CC1CN(C(=O)COc2ccccc2)CCC12CCC(C(=O)NCC1CC1)O2. The van der Waals surface area contributed by atoms with Crippen molar-refractivity contribution in [2.45, 2.75) is 50.7 Å². The van der Waals surface area contributed by atoms with Gasteiger partial charge in [0, 0.05) is 25.6 Å². The first-order valence-corrected chi connectivity index (χ1v) is 10.5. The average molecular weight is 386 g/mol. The van der Waals surface area contributed by atoms with Crippen LogP contribution in [-0.2, 0) is 14.3 Å². The molecule has 0 aromatic heterocycles. The van der Waals surface area contributed by atoms with E-state index in [0.29, 0.717) is 24.8 Å². The number of piperidine rings is 1. The summed E-state index contributed by atoms with van der Waals surface area (Å²) in [6, 6.07) is 9.40. The molecule has 2 amide bonds. The maximum atomic E-state index is 12.5. The van der Waals surface area contributed by atoms with Crippen LogP contribution in [0.2, 0.25) is 0 Å². The normalized spacial score (nSPS) is 29.7. The number of hydrogen-bond acceptors (Lipinski definition) is 4. The quantitative estimate of drug-likeness (QED) is 0.815. The predicted octanol–water partition coefficient (Wildman–Crippen LogP) is 2.38. The molecule has 3 fully saturated rings. The number of nitrogens with zero attached hydrogens (tertiary/aromatic N) is 1. The second-order valence-electron chi connectivity index (χ2n) is 8.49. The van der Waals surface area contributed by atoms with Crippen molar-refractivity contribution in [2.24, 2.45) is 11.8 Å². The van der Waals surface area contributed by atoms with Crippen LogP contribution in [0, 0.1) is 11.8 Å². The molecule has 6 nitrogen and oxygen atoms in total. The van der Waals surface area contributed by atoms with Gasteiger partial charge in [0.05, 0.1) is 5.60 Å². The van der Waals surface area contributed by atoms with Gasteiger partial charge in [-0.1, -0.05) is 25.1 Å². The highest BCUT2D eigenvalue weighted by Gasteiger charge is 2.49. The summed E-state index contributed by atoms with van der Waals surface area (Å²) in [5.41, 5.74) is -0.279. The van der Waals surface area contributed by atoms with Gasteiger partial charge in [0.1, 0.15) is 11.9 Å². The number of carbonyl (C=O) groups is 2. The van der Waals surface area contributed by atoms with E-state index in [0.717, 1.165) is 25.8 Å². The van der Waals surface area contributed by atoms with E-state index in [-0.39, 0.29) is 36.0 Å². The number of amides is 2. The zero-order chi connectivity index (χ0) is 19.6. The lowest BCUT2D eigenvalue weighted by atomic mass is 9.80. The molecule has 6 heteroatoms. The second-order valence-corrected chi connectivity index (χ2v) is 8.49. The van der Waals surface area contributed by atoms with E-state index in [1.807, 2.05) is 35.2 Å². The van der Waals surface area contributed by atoms with E-state index in [9.17, 15) is 9.59 Å². The van der Waals surface area contributed by atoms with E-state index in [1.54, 1.807) is 0 Å². The van der Waals surface area contributed by atoms with E-state index in [2.05, 4.69) is 12.2 Å². The van der Waals surface area contributed by atoms with Crippen LogP contribution in [0.25, 0.3) is 0 Å². The number of para-hydroxylation sites is 1. The van der Waals surface area contributed by atoms with Gasteiger partial charge >= 0.3 is 0 Å². The van der Waals surface area contributed by atoms with Crippen molar-refractivity contribution in [1.29, 1.82) is 0 Å². The highest BCUT2D eigenvalue weighted by Crippen LogP contribution is 2.42. The Kier molecular flexibility index (Phi) is 5.58. The maximum Gasteiger partial charge on any atom is 0.260 e. The lowest BCUT2D eigenvalue weighted by Gasteiger charge is -2.44. The van der Waals surface area contributed by atoms with Crippen LogP contribution in [0.4, 0.5) is 0 Å². The van der Waals surface area contributed by atoms with E-state index >= 15 is 0 Å². The molecule has 3 aliphatic rings. The maximum absolute atomic E-state index is 12.5. The zero-order valence-corrected chi connectivity index (χ0v) is 16.6. The smallest absolute Gasteiger partial charge is 0.260 e. The van der Waals surface area contributed by atoms with Crippen LogP contribution in [0.3, 0.4) is 0 Å². The lowest BCUT2D eigenvalue weighted by molar-refractivity contribution is -0.154. The molecule has 4 rings (SSSR count). The van der Waals surface area contributed by atoms with Crippen molar-refractivity contribution in [1.82, 2.24) is 10.2 Å². The molecular weight excluding hydrogens is 356 g/mol. The lowest BCUT2D eigenvalue weighted by Crippen LogP contribution is -2.53. The summed E-state index contributed by atoms with van der Waals surface area (Å²) < 4.78 is 11.9. The van der Waals surface area contributed by atoms with Crippen LogP contribution < -0.4 is 10.1 Å². The van der Waals surface area contributed by atoms with Gasteiger partial charge in [-0.2, -0.15) is 0 Å². The number of likely N-dealkylation sites (tertiary alicyclic amines) is 1. The number of ether oxygens (including phenoxy) is 2. The molecule has 0 radical (unpaired) electrons. The minimum atomic E-state index is -0.343. The molecule has 1 aromatic carbocycles. The van der Waals surface area contributed by atoms with Crippen LogP contribution in [0.5, 0.6) is 5.75 Å². The third-order valence-corrected chi connectivity index (χ3v) is 6.42. The van der Waals surface area contributed by atoms with Crippen LogP contribution in [0.15, 0.2) is 30.3 Å². The third-order valence-electron chi connectivity index (χ3n) is 6.42. The molecule has 3 atom stereocenters. The minimum absolute atomic E-state index is 0.00211. The summed E-state index contributed by atoms with van der Waals surface area (Å²) in [5.74, 6) is 1.61. The number of rotatable bonds is 6. The molecule has 28 heavy (non-hydrogen) atoms. The second kappa shape index (κ2) is 8.11. The molecule has 1 saturated carbocycles. The Bertz CT molecular complexity index is 706. The van der Waals surface area contributed by atoms with Crippen molar-refractivity contribution in [3.63, 3.8) is 0 Å². The Labute approximate surface area is 166 Å². The first kappa shape index (κ1) is 19.2. The molecule has 1 aromatic rings. The molecule has 152 valence electrons. The van der Waals surface area contributed by atoms with Gasteiger partial charge < -0.3 is 19.7 Å². The highest BCUT2D eigenvalue weighted by molar-refractivity contribution is 5.81. The van der Waals surface area contributed by atoms with Gasteiger partial charge in [-0.15, -0.1) is 0 Å². The topological polar surface area (TPSA) is 67.9 Å². The fourth-order valence-corrected chi connectivity index (χ4v) is 4.33. The first-order valence-electron chi connectivity index (χ1n) is 10.5. The summed E-state index contributed by atoms with van der Waals surface area (Å²) >= 11 is 0. The Balaban J connectivity index is 1.26. The number of benzene rings is 1. The molecule has 2 saturated heterocycles. The van der Waals surface area contributed by atoms with Crippen molar-refractivity contribution in [3.8, 4) is 5.75 Å². The van der Waals surface area contributed by atoms with Crippen molar-refractivity contribution >= 4 is 11.8 Å². The van der Waals surface area contributed by atoms with Gasteiger partial charge in [-0.3, -0.25) is 9.59 Å². The van der Waals surface area contributed by atoms with Crippen LogP contribution in [-0.4, -0.2) is 54.7 Å². The molecule has 0 bridgehead atoms. The van der Waals surface area contributed by atoms with Gasteiger partial charge in [0.2, 0.25) is 5.91 Å². The number of carbonyl (C=O) groups excluding carboxylic acids is 2. The molecule has 2 heterocycles. The molecule has 1 aliphatic carbocycles. The van der Waals surface area contributed by atoms with Crippen molar-refractivity contribution < 1.29 is 19.1 Å². The van der Waals surface area contributed by atoms with Crippen LogP contribution >= 0.6 is 0 Å².